The largest absolute Gasteiger partial charge is 0.493 e. The third-order valence-electron chi connectivity index (χ3n) is 3.52. The molecule has 0 bridgehead atoms. The highest BCUT2D eigenvalue weighted by Crippen LogP contribution is 2.31. The second kappa shape index (κ2) is 5.89. The summed E-state index contributed by atoms with van der Waals surface area (Å²) >= 11 is 0. The molecule has 0 aromatic heterocycles. The van der Waals surface area contributed by atoms with Crippen LogP contribution >= 0.6 is 0 Å². The van der Waals surface area contributed by atoms with E-state index in [2.05, 4.69) is 0 Å². The average Bonchev–Trinajstić information content (AvgIpc) is 2.89. The number of benzene rings is 1. The molecule has 1 saturated carbocycles. The first-order valence-corrected chi connectivity index (χ1v) is 6.52. The molecule has 1 fully saturated rings. The molecule has 2 rings (SSSR count). The Balaban J connectivity index is 2.04. The molecule has 3 heteroatoms. The molecule has 0 N–H and O–H groups in total. The van der Waals surface area contributed by atoms with E-state index in [1.165, 1.54) is 25.7 Å². The molecule has 1 aliphatic rings. The molecular formula is C15H20O3. The van der Waals surface area contributed by atoms with E-state index in [0.717, 1.165) is 12.4 Å². The van der Waals surface area contributed by atoms with E-state index in [9.17, 15) is 4.79 Å². The van der Waals surface area contributed by atoms with E-state index in [-0.39, 0.29) is 5.78 Å². The zero-order valence-electron chi connectivity index (χ0n) is 11.1. The summed E-state index contributed by atoms with van der Waals surface area (Å²) in [4.78, 5) is 11.3. The molecule has 0 spiro atoms. The molecule has 3 nitrogen and oxygen atoms in total. The summed E-state index contributed by atoms with van der Waals surface area (Å²) < 4.78 is 11.1. The number of carbonyl (C=O) groups is 1. The molecule has 1 aliphatic carbocycles. The minimum absolute atomic E-state index is 0.0376. The molecule has 18 heavy (non-hydrogen) atoms. The number of ether oxygens (including phenoxy) is 2. The minimum Gasteiger partial charge on any atom is -0.493 e. The van der Waals surface area contributed by atoms with Gasteiger partial charge in [-0.05, 0) is 43.9 Å². The Morgan fingerprint density at radius 3 is 2.61 bits per heavy atom. The fraction of sp³-hybridized carbons (Fsp3) is 0.533. The summed E-state index contributed by atoms with van der Waals surface area (Å²) in [5, 5.41) is 0. The van der Waals surface area contributed by atoms with Crippen LogP contribution in [0.3, 0.4) is 0 Å². The van der Waals surface area contributed by atoms with Crippen molar-refractivity contribution in [3.63, 3.8) is 0 Å². The topological polar surface area (TPSA) is 35.5 Å². The third-order valence-corrected chi connectivity index (χ3v) is 3.52. The Labute approximate surface area is 108 Å². The number of hydrogen-bond acceptors (Lipinski definition) is 3. The maximum absolute atomic E-state index is 11.3. The van der Waals surface area contributed by atoms with Gasteiger partial charge in [0.2, 0.25) is 0 Å². The lowest BCUT2D eigenvalue weighted by Crippen LogP contribution is -2.09. The highest BCUT2D eigenvalue weighted by Gasteiger charge is 2.16. The van der Waals surface area contributed by atoms with Crippen molar-refractivity contribution in [1.29, 1.82) is 0 Å². The third kappa shape index (κ3) is 3.03. The Morgan fingerprint density at radius 2 is 2.00 bits per heavy atom. The predicted molar refractivity (Wildman–Crippen MR) is 70.5 cm³/mol. The van der Waals surface area contributed by atoms with Gasteiger partial charge < -0.3 is 9.47 Å². The molecule has 0 unspecified atom stereocenters. The molecule has 0 heterocycles. The fourth-order valence-corrected chi connectivity index (χ4v) is 2.39. The monoisotopic (exact) mass is 248 g/mol. The van der Waals surface area contributed by atoms with Crippen molar-refractivity contribution in [2.75, 3.05) is 13.7 Å². The standard InChI is InChI=1S/C15H20O3/c1-11(16)13-7-8-14(15(9-13)17-2)18-10-12-5-3-4-6-12/h7-9,12H,3-6,10H2,1-2H3. The van der Waals surface area contributed by atoms with Crippen molar-refractivity contribution in [3.05, 3.63) is 23.8 Å². The van der Waals surface area contributed by atoms with Crippen molar-refractivity contribution in [2.24, 2.45) is 5.92 Å². The van der Waals surface area contributed by atoms with Gasteiger partial charge in [0.15, 0.2) is 17.3 Å². The minimum atomic E-state index is 0.0376. The summed E-state index contributed by atoms with van der Waals surface area (Å²) in [5.74, 6) is 2.08. The summed E-state index contributed by atoms with van der Waals surface area (Å²) in [5.41, 5.74) is 0.653. The van der Waals surface area contributed by atoms with Gasteiger partial charge in [0, 0.05) is 5.56 Å². The summed E-state index contributed by atoms with van der Waals surface area (Å²) in [6, 6.07) is 5.35. The van der Waals surface area contributed by atoms with E-state index >= 15 is 0 Å². The van der Waals surface area contributed by atoms with Gasteiger partial charge in [-0.3, -0.25) is 4.79 Å². The molecule has 1 aromatic rings. The number of ketones is 1. The lowest BCUT2D eigenvalue weighted by atomic mass is 10.1. The van der Waals surface area contributed by atoms with Crippen LogP contribution in [0.1, 0.15) is 43.0 Å². The normalized spacial score (nSPS) is 15.7. The quantitative estimate of drug-likeness (QED) is 0.748. The molecule has 0 aliphatic heterocycles. The highest BCUT2D eigenvalue weighted by molar-refractivity contribution is 5.94. The van der Waals surface area contributed by atoms with Gasteiger partial charge in [-0.15, -0.1) is 0 Å². The van der Waals surface area contributed by atoms with E-state index in [1.54, 1.807) is 26.2 Å². The first kappa shape index (κ1) is 12.9. The smallest absolute Gasteiger partial charge is 0.161 e. The van der Waals surface area contributed by atoms with E-state index in [0.29, 0.717) is 17.2 Å². The Kier molecular flexibility index (Phi) is 4.24. The fourth-order valence-electron chi connectivity index (χ4n) is 2.39. The van der Waals surface area contributed by atoms with Gasteiger partial charge >= 0.3 is 0 Å². The predicted octanol–water partition coefficient (Wildman–Crippen LogP) is 3.47. The van der Waals surface area contributed by atoms with E-state index in [1.807, 2.05) is 6.07 Å². The van der Waals surface area contributed by atoms with Crippen LogP contribution in [0.5, 0.6) is 11.5 Å². The number of carbonyl (C=O) groups excluding carboxylic acids is 1. The second-order valence-corrected chi connectivity index (χ2v) is 4.88. The van der Waals surface area contributed by atoms with Gasteiger partial charge in [-0.2, -0.15) is 0 Å². The molecule has 0 amide bonds. The van der Waals surface area contributed by atoms with Crippen molar-refractivity contribution in [2.45, 2.75) is 32.6 Å². The molecule has 98 valence electrons. The Hall–Kier alpha value is -1.51. The lowest BCUT2D eigenvalue weighted by Gasteiger charge is -2.14. The summed E-state index contributed by atoms with van der Waals surface area (Å²) in [6.07, 6.45) is 5.14. The second-order valence-electron chi connectivity index (χ2n) is 4.88. The Bertz CT molecular complexity index is 420. The molecule has 1 aromatic carbocycles. The van der Waals surface area contributed by atoms with Crippen LogP contribution in [0.15, 0.2) is 18.2 Å². The van der Waals surface area contributed by atoms with Gasteiger partial charge in [0.25, 0.3) is 0 Å². The number of rotatable bonds is 5. The Morgan fingerprint density at radius 1 is 1.28 bits per heavy atom. The lowest BCUT2D eigenvalue weighted by molar-refractivity contribution is 0.101. The maximum atomic E-state index is 11.3. The van der Waals surface area contributed by atoms with Gasteiger partial charge in [-0.25, -0.2) is 0 Å². The van der Waals surface area contributed by atoms with Crippen molar-refractivity contribution in [3.8, 4) is 11.5 Å². The summed E-state index contributed by atoms with van der Waals surface area (Å²) in [7, 11) is 1.60. The molecule has 0 radical (unpaired) electrons. The van der Waals surface area contributed by atoms with Crippen molar-refractivity contribution >= 4 is 5.78 Å². The zero-order valence-corrected chi connectivity index (χ0v) is 11.1. The SMILES string of the molecule is COc1cc(C(C)=O)ccc1OCC1CCCC1. The van der Waals surface area contributed by atoms with E-state index in [4.69, 9.17) is 9.47 Å². The number of hydrogen-bond donors (Lipinski definition) is 0. The molecular weight excluding hydrogens is 228 g/mol. The van der Waals surface area contributed by atoms with Crippen LogP contribution in [0.4, 0.5) is 0 Å². The highest BCUT2D eigenvalue weighted by atomic mass is 16.5. The van der Waals surface area contributed by atoms with Gasteiger partial charge in [0.1, 0.15) is 0 Å². The molecule has 0 atom stereocenters. The van der Waals surface area contributed by atoms with Crippen LogP contribution in [0, 0.1) is 5.92 Å². The summed E-state index contributed by atoms with van der Waals surface area (Å²) in [6.45, 7) is 2.30. The van der Waals surface area contributed by atoms with Crippen molar-refractivity contribution < 1.29 is 14.3 Å². The molecule has 0 saturated heterocycles. The van der Waals surface area contributed by atoms with Crippen LogP contribution in [-0.2, 0) is 0 Å². The number of Topliss-reactive ketones (excluding diaryl/α,β-unsaturated/α-hetero) is 1. The van der Waals surface area contributed by atoms with E-state index < -0.39 is 0 Å². The van der Waals surface area contributed by atoms with Crippen LogP contribution in [-0.4, -0.2) is 19.5 Å². The number of methoxy groups -OCH3 is 1. The van der Waals surface area contributed by atoms with Gasteiger partial charge in [-0.1, -0.05) is 12.8 Å². The van der Waals surface area contributed by atoms with Crippen LogP contribution in [0.2, 0.25) is 0 Å². The van der Waals surface area contributed by atoms with Crippen LogP contribution in [0.25, 0.3) is 0 Å². The maximum Gasteiger partial charge on any atom is 0.161 e. The van der Waals surface area contributed by atoms with Crippen molar-refractivity contribution in [1.82, 2.24) is 0 Å². The van der Waals surface area contributed by atoms with Crippen LogP contribution < -0.4 is 9.47 Å². The first-order valence-electron chi connectivity index (χ1n) is 6.52. The first-order chi connectivity index (χ1) is 8.70. The van der Waals surface area contributed by atoms with Gasteiger partial charge in [0.05, 0.1) is 13.7 Å². The zero-order chi connectivity index (χ0) is 13.0. The average molecular weight is 248 g/mol.